The van der Waals surface area contributed by atoms with Gasteiger partial charge in [-0.3, -0.25) is 0 Å². The van der Waals surface area contributed by atoms with E-state index in [9.17, 15) is 30.3 Å². The molecule has 4 rings (SSSR count). The van der Waals surface area contributed by atoms with E-state index in [1.54, 1.807) is 12.1 Å². The highest BCUT2D eigenvalue weighted by Gasteiger charge is 2.36. The first kappa shape index (κ1) is 19.3. The normalized spacial score (nSPS) is 17.6. The highest BCUT2D eigenvalue weighted by Crippen LogP contribution is 2.42. The van der Waals surface area contributed by atoms with Crippen molar-refractivity contribution in [1.82, 2.24) is 0 Å². The zero-order valence-electron chi connectivity index (χ0n) is 15.5. The van der Waals surface area contributed by atoms with Gasteiger partial charge in [0.2, 0.25) is 0 Å². The molecule has 30 heavy (non-hydrogen) atoms. The van der Waals surface area contributed by atoms with Gasteiger partial charge in [0.25, 0.3) is 0 Å². The Kier molecular flexibility index (Phi) is 4.75. The zero-order valence-corrected chi connectivity index (χ0v) is 15.5. The monoisotopic (exact) mass is 410 g/mol. The van der Waals surface area contributed by atoms with Crippen LogP contribution in [0.5, 0.6) is 34.5 Å². The van der Waals surface area contributed by atoms with E-state index in [4.69, 9.17) is 9.47 Å². The van der Waals surface area contributed by atoms with Crippen LogP contribution in [0.4, 0.5) is 0 Å². The van der Waals surface area contributed by atoms with Crippen LogP contribution in [-0.2, 0) is 11.2 Å². The lowest BCUT2D eigenvalue weighted by Gasteiger charge is -2.33. The minimum absolute atomic E-state index is 0.0113. The van der Waals surface area contributed by atoms with Gasteiger partial charge in [0.05, 0.1) is 5.56 Å². The van der Waals surface area contributed by atoms with Gasteiger partial charge >= 0.3 is 5.97 Å². The summed E-state index contributed by atoms with van der Waals surface area (Å²) in [7, 11) is 0. The lowest BCUT2D eigenvalue weighted by molar-refractivity contribution is -0.0187. The van der Waals surface area contributed by atoms with E-state index in [2.05, 4.69) is 0 Å². The van der Waals surface area contributed by atoms with Crippen LogP contribution in [0.3, 0.4) is 0 Å². The van der Waals surface area contributed by atoms with E-state index in [0.717, 1.165) is 6.07 Å². The van der Waals surface area contributed by atoms with Crippen molar-refractivity contribution in [3.05, 3.63) is 71.3 Å². The third kappa shape index (κ3) is 3.50. The maximum atomic E-state index is 12.6. The van der Waals surface area contributed by atoms with Crippen LogP contribution in [0, 0.1) is 0 Å². The summed E-state index contributed by atoms with van der Waals surface area (Å²) < 4.78 is 11.6. The quantitative estimate of drug-likeness (QED) is 0.328. The number of aromatic hydroxyl groups is 5. The predicted octanol–water partition coefficient (Wildman–Crippen LogP) is 3.12. The summed E-state index contributed by atoms with van der Waals surface area (Å²) in [6.07, 6.45) is -1.59. The number of benzene rings is 3. The number of esters is 1. The molecule has 3 aromatic rings. The van der Waals surface area contributed by atoms with Crippen LogP contribution in [0.15, 0.2) is 54.6 Å². The molecule has 8 nitrogen and oxygen atoms in total. The number of hydrogen-bond acceptors (Lipinski definition) is 8. The Morgan fingerprint density at radius 1 is 0.833 bits per heavy atom. The molecular weight excluding hydrogens is 392 g/mol. The molecule has 5 N–H and O–H groups in total. The third-order valence-corrected chi connectivity index (χ3v) is 4.90. The number of phenolic OH excluding ortho intramolecular Hbond substituents is 5. The van der Waals surface area contributed by atoms with Crippen molar-refractivity contribution in [2.75, 3.05) is 0 Å². The van der Waals surface area contributed by atoms with Crippen LogP contribution in [-0.4, -0.2) is 37.6 Å². The fraction of sp³-hybridized carbons (Fsp3) is 0.136. The molecule has 2 atom stereocenters. The van der Waals surface area contributed by atoms with Gasteiger partial charge in [0.15, 0.2) is 29.1 Å². The van der Waals surface area contributed by atoms with Gasteiger partial charge in [0.1, 0.15) is 17.6 Å². The van der Waals surface area contributed by atoms with Crippen LogP contribution in [0.2, 0.25) is 0 Å². The van der Waals surface area contributed by atoms with Gasteiger partial charge < -0.3 is 35.0 Å². The standard InChI is InChI=1S/C22H18O8/c23-14-2-1-3-19-13(14)10-20(21(29-19)11-4-6-15(24)17(26)8-11)30-22(28)12-5-7-16(25)18(27)9-12/h1-9,20-21,23-27H,10H2/t20?,21-/m1/s1. The Bertz CT molecular complexity index is 1120. The molecule has 0 amide bonds. The fourth-order valence-corrected chi connectivity index (χ4v) is 3.35. The van der Waals surface area contributed by atoms with Crippen molar-refractivity contribution in [2.24, 2.45) is 0 Å². The number of carbonyl (C=O) groups excluding carboxylic acids is 1. The second-order valence-electron chi connectivity index (χ2n) is 6.89. The smallest absolute Gasteiger partial charge is 0.338 e. The first-order valence-electron chi connectivity index (χ1n) is 9.06. The summed E-state index contributed by atoms with van der Waals surface area (Å²) in [6, 6.07) is 12.4. The van der Waals surface area contributed by atoms with Crippen LogP contribution < -0.4 is 4.74 Å². The molecule has 0 radical (unpaired) electrons. The number of phenols is 5. The maximum Gasteiger partial charge on any atom is 0.338 e. The largest absolute Gasteiger partial charge is 0.508 e. The Hall–Kier alpha value is -4.07. The predicted molar refractivity (Wildman–Crippen MR) is 104 cm³/mol. The molecule has 0 saturated heterocycles. The molecule has 154 valence electrons. The number of rotatable bonds is 3. The topological polar surface area (TPSA) is 137 Å². The summed E-state index contributed by atoms with van der Waals surface area (Å²) in [6.45, 7) is 0. The zero-order chi connectivity index (χ0) is 21.4. The third-order valence-electron chi connectivity index (χ3n) is 4.90. The summed E-state index contributed by atoms with van der Waals surface area (Å²) in [5, 5.41) is 48.7. The molecule has 0 saturated carbocycles. The lowest BCUT2D eigenvalue weighted by Crippen LogP contribution is -2.34. The molecule has 1 unspecified atom stereocenters. The molecule has 0 aromatic heterocycles. The van der Waals surface area contributed by atoms with Crippen molar-refractivity contribution in [3.63, 3.8) is 0 Å². The van der Waals surface area contributed by atoms with Crippen molar-refractivity contribution in [2.45, 2.75) is 18.6 Å². The van der Waals surface area contributed by atoms with Gasteiger partial charge in [-0.25, -0.2) is 4.79 Å². The van der Waals surface area contributed by atoms with E-state index in [1.807, 2.05) is 0 Å². The molecular formula is C22H18O8. The molecule has 1 heterocycles. The SMILES string of the molecule is O=C(OC1Cc2c(O)cccc2O[C@@H]1c1ccc(O)c(O)c1)c1ccc(O)c(O)c1. The van der Waals surface area contributed by atoms with Crippen molar-refractivity contribution in [3.8, 4) is 34.5 Å². The molecule has 0 bridgehead atoms. The van der Waals surface area contributed by atoms with Crippen molar-refractivity contribution in [1.29, 1.82) is 0 Å². The highest BCUT2D eigenvalue weighted by atomic mass is 16.6. The highest BCUT2D eigenvalue weighted by molar-refractivity contribution is 5.90. The summed E-state index contributed by atoms with van der Waals surface area (Å²) in [4.78, 5) is 12.6. The van der Waals surface area contributed by atoms with Crippen LogP contribution in [0.1, 0.15) is 27.6 Å². The van der Waals surface area contributed by atoms with Gasteiger partial charge in [-0.15, -0.1) is 0 Å². The van der Waals surface area contributed by atoms with E-state index >= 15 is 0 Å². The summed E-state index contributed by atoms with van der Waals surface area (Å²) in [5.41, 5.74) is 0.925. The molecule has 3 aromatic carbocycles. The minimum atomic E-state index is -0.891. The first-order chi connectivity index (χ1) is 14.3. The Morgan fingerprint density at radius 3 is 2.23 bits per heavy atom. The lowest BCUT2D eigenvalue weighted by atomic mass is 9.93. The second-order valence-corrected chi connectivity index (χ2v) is 6.89. The van der Waals surface area contributed by atoms with Crippen molar-refractivity contribution < 1.29 is 39.8 Å². The average molecular weight is 410 g/mol. The van der Waals surface area contributed by atoms with Gasteiger partial charge in [-0.2, -0.15) is 0 Å². The molecule has 0 aliphatic carbocycles. The van der Waals surface area contributed by atoms with E-state index in [1.165, 1.54) is 36.4 Å². The number of carbonyl (C=O) groups is 1. The fourth-order valence-electron chi connectivity index (χ4n) is 3.35. The Labute approximate surface area is 170 Å². The van der Waals surface area contributed by atoms with E-state index in [0.29, 0.717) is 16.9 Å². The van der Waals surface area contributed by atoms with Crippen LogP contribution in [0.25, 0.3) is 0 Å². The second kappa shape index (κ2) is 7.40. The minimum Gasteiger partial charge on any atom is -0.508 e. The van der Waals surface area contributed by atoms with E-state index < -0.39 is 23.9 Å². The van der Waals surface area contributed by atoms with Gasteiger partial charge in [0, 0.05) is 17.5 Å². The van der Waals surface area contributed by atoms with Crippen LogP contribution >= 0.6 is 0 Å². The number of hydrogen-bond donors (Lipinski definition) is 5. The van der Waals surface area contributed by atoms with E-state index in [-0.39, 0.29) is 35.0 Å². The Balaban J connectivity index is 1.69. The molecule has 1 aliphatic heterocycles. The molecule has 1 aliphatic rings. The summed E-state index contributed by atoms with van der Waals surface area (Å²) >= 11 is 0. The summed E-state index contributed by atoms with van der Waals surface area (Å²) in [5.74, 6) is -1.88. The molecule has 0 fully saturated rings. The first-order valence-corrected chi connectivity index (χ1v) is 9.06. The Morgan fingerprint density at radius 2 is 1.53 bits per heavy atom. The van der Waals surface area contributed by atoms with Crippen molar-refractivity contribution >= 4 is 5.97 Å². The van der Waals surface area contributed by atoms with Gasteiger partial charge in [-0.1, -0.05) is 12.1 Å². The number of fused-ring (bicyclic) bond motifs is 1. The number of ether oxygens (including phenoxy) is 2. The maximum absolute atomic E-state index is 12.6. The molecule has 0 spiro atoms. The average Bonchev–Trinajstić information content (AvgIpc) is 2.72. The van der Waals surface area contributed by atoms with Gasteiger partial charge in [-0.05, 0) is 42.5 Å². The molecule has 8 heteroatoms.